The van der Waals surface area contributed by atoms with Gasteiger partial charge in [0.05, 0.1) is 12.6 Å². The number of nitrogens with two attached hydrogens (primary N) is 1. The van der Waals surface area contributed by atoms with Gasteiger partial charge in [-0.2, -0.15) is 0 Å². The highest BCUT2D eigenvalue weighted by Gasteiger charge is 2.18. The van der Waals surface area contributed by atoms with Crippen LogP contribution in [0.25, 0.3) is 0 Å². The fourth-order valence-corrected chi connectivity index (χ4v) is 1.97. The van der Waals surface area contributed by atoms with E-state index >= 15 is 0 Å². The Morgan fingerprint density at radius 3 is 2.83 bits per heavy atom. The first-order valence-electron chi connectivity index (χ1n) is 6.08. The molecule has 0 aromatic heterocycles. The van der Waals surface area contributed by atoms with E-state index in [4.69, 9.17) is 10.5 Å². The molecule has 18 heavy (non-hydrogen) atoms. The lowest BCUT2D eigenvalue weighted by molar-refractivity contribution is 0.189. The second-order valence-electron chi connectivity index (χ2n) is 4.68. The highest BCUT2D eigenvalue weighted by atomic mass is 16.5. The van der Waals surface area contributed by atoms with E-state index in [1.165, 1.54) is 0 Å². The second kappa shape index (κ2) is 5.27. The van der Waals surface area contributed by atoms with Crippen LogP contribution in [0.1, 0.15) is 17.5 Å². The molecule has 0 radical (unpaired) electrons. The summed E-state index contributed by atoms with van der Waals surface area (Å²) in [5.74, 6) is 0. The van der Waals surface area contributed by atoms with Crippen LogP contribution in [-0.2, 0) is 4.74 Å². The number of carbonyl (C=O) groups is 1. The first kappa shape index (κ1) is 12.7. The van der Waals surface area contributed by atoms with Crippen molar-refractivity contribution >= 4 is 17.4 Å². The van der Waals surface area contributed by atoms with E-state index < -0.39 is 0 Å². The number of hydrogen-bond donors (Lipinski definition) is 3. The summed E-state index contributed by atoms with van der Waals surface area (Å²) in [6.07, 6.45) is 0.868. The van der Waals surface area contributed by atoms with Crippen LogP contribution >= 0.6 is 0 Å². The Labute approximate surface area is 107 Å². The van der Waals surface area contributed by atoms with Crippen LogP contribution in [0.15, 0.2) is 12.1 Å². The predicted octanol–water partition coefficient (Wildman–Crippen LogP) is 1.80. The number of urea groups is 1. The van der Waals surface area contributed by atoms with Gasteiger partial charge in [0.25, 0.3) is 0 Å². The Morgan fingerprint density at radius 2 is 2.17 bits per heavy atom. The minimum atomic E-state index is -0.197. The maximum Gasteiger partial charge on any atom is 0.319 e. The van der Waals surface area contributed by atoms with E-state index in [9.17, 15) is 4.79 Å². The largest absolute Gasteiger partial charge is 0.399 e. The first-order chi connectivity index (χ1) is 8.56. The molecule has 1 aliphatic heterocycles. The molecule has 2 rings (SSSR count). The molecule has 4 N–H and O–H groups in total. The van der Waals surface area contributed by atoms with Crippen molar-refractivity contribution < 1.29 is 9.53 Å². The Bertz CT molecular complexity index is 454. The van der Waals surface area contributed by atoms with E-state index in [0.717, 1.165) is 28.9 Å². The monoisotopic (exact) mass is 249 g/mol. The van der Waals surface area contributed by atoms with Crippen LogP contribution in [-0.4, -0.2) is 25.3 Å². The molecule has 1 aliphatic rings. The van der Waals surface area contributed by atoms with Gasteiger partial charge in [0.15, 0.2) is 0 Å². The van der Waals surface area contributed by atoms with Gasteiger partial charge in [-0.15, -0.1) is 0 Å². The number of hydrogen-bond acceptors (Lipinski definition) is 3. The quantitative estimate of drug-likeness (QED) is 0.699. The van der Waals surface area contributed by atoms with Gasteiger partial charge in [0, 0.05) is 18.0 Å². The van der Waals surface area contributed by atoms with Crippen molar-refractivity contribution in [2.24, 2.45) is 0 Å². The van der Waals surface area contributed by atoms with Gasteiger partial charge in [0.2, 0.25) is 0 Å². The molecule has 0 aliphatic carbocycles. The summed E-state index contributed by atoms with van der Waals surface area (Å²) >= 11 is 0. The predicted molar refractivity (Wildman–Crippen MR) is 71.7 cm³/mol. The maximum absolute atomic E-state index is 11.8. The summed E-state index contributed by atoms with van der Waals surface area (Å²) in [5, 5.41) is 5.73. The van der Waals surface area contributed by atoms with Gasteiger partial charge in [0.1, 0.15) is 0 Å². The molecule has 98 valence electrons. The van der Waals surface area contributed by atoms with Gasteiger partial charge in [-0.05, 0) is 43.5 Å². The minimum Gasteiger partial charge on any atom is -0.399 e. The topological polar surface area (TPSA) is 76.4 Å². The van der Waals surface area contributed by atoms with Crippen LogP contribution in [0.5, 0.6) is 0 Å². The maximum atomic E-state index is 11.8. The van der Waals surface area contributed by atoms with Crippen LogP contribution in [0.2, 0.25) is 0 Å². The zero-order chi connectivity index (χ0) is 13.1. The summed E-state index contributed by atoms with van der Waals surface area (Å²) in [7, 11) is 0. The summed E-state index contributed by atoms with van der Waals surface area (Å²) in [4.78, 5) is 11.8. The van der Waals surface area contributed by atoms with Crippen molar-refractivity contribution in [3.8, 4) is 0 Å². The smallest absolute Gasteiger partial charge is 0.319 e. The molecule has 1 aromatic carbocycles. The fraction of sp³-hybridized carbons (Fsp3) is 0.462. The molecule has 1 atom stereocenters. The van der Waals surface area contributed by atoms with Crippen molar-refractivity contribution in [2.45, 2.75) is 26.3 Å². The van der Waals surface area contributed by atoms with Crippen molar-refractivity contribution in [1.29, 1.82) is 0 Å². The molecular formula is C13H19N3O2. The molecule has 0 saturated carbocycles. The molecule has 5 heteroatoms. The standard InChI is InChI=1S/C13H19N3O2/c1-8-6-12(9(2)5-11(8)14)16-13(17)15-10-3-4-18-7-10/h5-6,10H,3-4,7,14H2,1-2H3,(H2,15,16,17). The Kier molecular flexibility index (Phi) is 3.72. The van der Waals surface area contributed by atoms with E-state index in [0.29, 0.717) is 13.2 Å². The second-order valence-corrected chi connectivity index (χ2v) is 4.68. The lowest BCUT2D eigenvalue weighted by atomic mass is 10.1. The molecular weight excluding hydrogens is 230 g/mol. The third kappa shape index (κ3) is 2.92. The highest BCUT2D eigenvalue weighted by Crippen LogP contribution is 2.22. The molecule has 1 fully saturated rings. The van der Waals surface area contributed by atoms with Gasteiger partial charge in [-0.3, -0.25) is 0 Å². The van der Waals surface area contributed by atoms with Crippen molar-refractivity contribution in [1.82, 2.24) is 5.32 Å². The number of carbonyl (C=O) groups excluding carboxylic acids is 1. The van der Waals surface area contributed by atoms with Crippen molar-refractivity contribution in [3.63, 3.8) is 0 Å². The van der Waals surface area contributed by atoms with Gasteiger partial charge >= 0.3 is 6.03 Å². The summed E-state index contributed by atoms with van der Waals surface area (Å²) in [6.45, 7) is 5.14. The van der Waals surface area contributed by atoms with E-state index in [-0.39, 0.29) is 12.1 Å². The number of amides is 2. The Hall–Kier alpha value is -1.75. The van der Waals surface area contributed by atoms with E-state index in [2.05, 4.69) is 10.6 Å². The summed E-state index contributed by atoms with van der Waals surface area (Å²) in [6, 6.07) is 3.66. The first-order valence-corrected chi connectivity index (χ1v) is 6.08. The fourth-order valence-electron chi connectivity index (χ4n) is 1.97. The van der Waals surface area contributed by atoms with Gasteiger partial charge < -0.3 is 21.1 Å². The molecule has 0 spiro atoms. The molecule has 5 nitrogen and oxygen atoms in total. The number of nitrogens with one attached hydrogen (secondary N) is 2. The summed E-state index contributed by atoms with van der Waals surface area (Å²) < 4.78 is 5.21. The van der Waals surface area contributed by atoms with Crippen LogP contribution in [0.3, 0.4) is 0 Å². The average Bonchev–Trinajstić information content (AvgIpc) is 2.78. The Balaban J connectivity index is 2.00. The van der Waals surface area contributed by atoms with E-state index in [1.54, 1.807) is 0 Å². The third-order valence-electron chi connectivity index (χ3n) is 3.13. The molecule has 1 heterocycles. The summed E-state index contributed by atoms with van der Waals surface area (Å²) in [5.41, 5.74) is 9.25. The third-order valence-corrected chi connectivity index (χ3v) is 3.13. The van der Waals surface area contributed by atoms with Crippen molar-refractivity contribution in [2.75, 3.05) is 24.3 Å². The molecule has 1 unspecified atom stereocenters. The molecule has 2 amide bonds. The van der Waals surface area contributed by atoms with E-state index in [1.807, 2.05) is 26.0 Å². The number of ether oxygens (including phenoxy) is 1. The van der Waals surface area contributed by atoms with Crippen LogP contribution in [0.4, 0.5) is 16.2 Å². The minimum absolute atomic E-state index is 0.111. The lowest BCUT2D eigenvalue weighted by Crippen LogP contribution is -2.38. The lowest BCUT2D eigenvalue weighted by Gasteiger charge is -2.14. The zero-order valence-electron chi connectivity index (χ0n) is 10.7. The average molecular weight is 249 g/mol. The van der Waals surface area contributed by atoms with Gasteiger partial charge in [-0.25, -0.2) is 4.79 Å². The zero-order valence-corrected chi connectivity index (χ0v) is 10.7. The van der Waals surface area contributed by atoms with Crippen LogP contribution < -0.4 is 16.4 Å². The number of benzene rings is 1. The molecule has 0 bridgehead atoms. The number of anilines is 2. The van der Waals surface area contributed by atoms with Crippen molar-refractivity contribution in [3.05, 3.63) is 23.3 Å². The Morgan fingerprint density at radius 1 is 1.39 bits per heavy atom. The molecule has 1 saturated heterocycles. The van der Waals surface area contributed by atoms with Gasteiger partial charge in [-0.1, -0.05) is 0 Å². The number of aryl methyl sites for hydroxylation is 2. The SMILES string of the molecule is Cc1cc(NC(=O)NC2CCOC2)c(C)cc1N. The highest BCUT2D eigenvalue weighted by molar-refractivity contribution is 5.90. The number of rotatable bonds is 2. The number of nitrogen functional groups attached to an aromatic ring is 1. The van der Waals surface area contributed by atoms with Crippen LogP contribution in [0, 0.1) is 13.8 Å². The normalized spacial score (nSPS) is 18.7. The molecule has 1 aromatic rings.